The average molecular weight is 202 g/mol. The molecule has 15 heavy (non-hydrogen) atoms. The topological polar surface area (TPSA) is 9.23 Å². The third-order valence-corrected chi connectivity index (χ3v) is 3.97. The van der Waals surface area contributed by atoms with Crippen LogP contribution < -0.4 is 0 Å². The molecular formula is C14H18O. The molecule has 1 aliphatic heterocycles. The molecule has 0 amide bonds. The van der Waals surface area contributed by atoms with Crippen molar-refractivity contribution in [1.82, 2.24) is 0 Å². The lowest BCUT2D eigenvalue weighted by Gasteiger charge is -2.39. The number of aryl methyl sites for hydroxylation is 1. The van der Waals surface area contributed by atoms with E-state index in [4.69, 9.17) is 4.74 Å². The highest BCUT2D eigenvalue weighted by molar-refractivity contribution is 5.42. The van der Waals surface area contributed by atoms with Crippen molar-refractivity contribution in [1.29, 1.82) is 0 Å². The third kappa shape index (κ3) is 1.26. The fourth-order valence-corrected chi connectivity index (χ4v) is 2.82. The molecule has 0 saturated carbocycles. The summed E-state index contributed by atoms with van der Waals surface area (Å²) < 4.78 is 5.84. The number of benzene rings is 1. The molecule has 1 aromatic carbocycles. The first-order chi connectivity index (χ1) is 7.21. The molecule has 1 aliphatic carbocycles. The highest BCUT2D eigenvalue weighted by Crippen LogP contribution is 2.48. The van der Waals surface area contributed by atoms with Crippen LogP contribution in [0.4, 0.5) is 0 Å². The monoisotopic (exact) mass is 202 g/mol. The van der Waals surface area contributed by atoms with Gasteiger partial charge in [-0.1, -0.05) is 32.0 Å². The lowest BCUT2D eigenvalue weighted by molar-refractivity contribution is -0.152. The van der Waals surface area contributed by atoms with E-state index in [9.17, 15) is 0 Å². The first kappa shape index (κ1) is 9.41. The van der Waals surface area contributed by atoms with Gasteiger partial charge in [-0.3, -0.25) is 0 Å². The van der Waals surface area contributed by atoms with Crippen LogP contribution in [0.1, 0.15) is 49.3 Å². The Bertz CT molecular complexity index is 388. The molecule has 1 saturated heterocycles. The lowest BCUT2D eigenvalue weighted by atomic mass is 9.86. The lowest BCUT2D eigenvalue weighted by Crippen LogP contribution is -2.38. The average Bonchev–Trinajstić information content (AvgIpc) is 2.54. The second-order valence-electron chi connectivity index (χ2n) is 5.16. The van der Waals surface area contributed by atoms with Crippen LogP contribution in [0.3, 0.4) is 0 Å². The molecule has 1 heterocycles. The van der Waals surface area contributed by atoms with Gasteiger partial charge in [0.1, 0.15) is 0 Å². The maximum Gasteiger partial charge on any atom is 0.0959 e. The Hall–Kier alpha value is -0.820. The minimum absolute atomic E-state index is 0.125. The maximum absolute atomic E-state index is 5.84. The Morgan fingerprint density at radius 3 is 2.67 bits per heavy atom. The second kappa shape index (κ2) is 3.08. The summed E-state index contributed by atoms with van der Waals surface area (Å²) >= 11 is 0. The van der Waals surface area contributed by atoms with Gasteiger partial charge in [0, 0.05) is 6.42 Å². The standard InChI is InChI=1S/C14H18O/c1-10(2)12-4-3-11-5-6-14(7-8-15-14)13(11)9-12/h3-4,9-10H,5-8H2,1-2H3. The van der Waals surface area contributed by atoms with E-state index in [0.717, 1.165) is 6.61 Å². The van der Waals surface area contributed by atoms with Gasteiger partial charge < -0.3 is 4.74 Å². The first-order valence-corrected chi connectivity index (χ1v) is 5.98. The van der Waals surface area contributed by atoms with E-state index in [-0.39, 0.29) is 5.60 Å². The van der Waals surface area contributed by atoms with Crippen molar-refractivity contribution in [2.75, 3.05) is 6.61 Å². The van der Waals surface area contributed by atoms with Crippen LogP contribution in [-0.4, -0.2) is 6.61 Å². The molecule has 0 bridgehead atoms. The molecule has 1 aromatic rings. The zero-order valence-corrected chi connectivity index (χ0v) is 9.55. The summed E-state index contributed by atoms with van der Waals surface area (Å²) in [6.45, 7) is 5.46. The van der Waals surface area contributed by atoms with Crippen LogP contribution in [0.25, 0.3) is 0 Å². The fraction of sp³-hybridized carbons (Fsp3) is 0.571. The van der Waals surface area contributed by atoms with Gasteiger partial charge in [-0.05, 0) is 35.4 Å². The van der Waals surface area contributed by atoms with Gasteiger partial charge in [0.15, 0.2) is 0 Å². The fourth-order valence-electron chi connectivity index (χ4n) is 2.82. The van der Waals surface area contributed by atoms with Crippen molar-refractivity contribution in [3.63, 3.8) is 0 Å². The molecule has 0 radical (unpaired) electrons. The number of hydrogen-bond donors (Lipinski definition) is 0. The number of rotatable bonds is 1. The molecule has 0 aromatic heterocycles. The highest BCUT2D eigenvalue weighted by Gasteiger charge is 2.45. The zero-order chi connectivity index (χ0) is 10.5. The molecule has 1 atom stereocenters. The predicted octanol–water partition coefficient (Wildman–Crippen LogP) is 3.37. The third-order valence-electron chi connectivity index (χ3n) is 3.97. The van der Waals surface area contributed by atoms with E-state index in [2.05, 4.69) is 32.0 Å². The Balaban J connectivity index is 2.06. The molecule has 80 valence electrons. The first-order valence-electron chi connectivity index (χ1n) is 5.98. The van der Waals surface area contributed by atoms with Crippen molar-refractivity contribution >= 4 is 0 Å². The number of ether oxygens (including phenoxy) is 1. The summed E-state index contributed by atoms with van der Waals surface area (Å²) in [7, 11) is 0. The quantitative estimate of drug-likeness (QED) is 0.678. The Kier molecular flexibility index (Phi) is 1.93. The smallest absolute Gasteiger partial charge is 0.0959 e. The summed E-state index contributed by atoms with van der Waals surface area (Å²) in [5.41, 5.74) is 4.57. The molecule has 1 heteroatoms. The molecule has 3 rings (SSSR count). The minimum atomic E-state index is 0.125. The predicted molar refractivity (Wildman–Crippen MR) is 61.1 cm³/mol. The van der Waals surface area contributed by atoms with Crippen molar-refractivity contribution in [3.8, 4) is 0 Å². The normalized spacial score (nSPS) is 28.2. The summed E-state index contributed by atoms with van der Waals surface area (Å²) in [6.07, 6.45) is 3.62. The van der Waals surface area contributed by atoms with Gasteiger partial charge in [0.05, 0.1) is 12.2 Å². The van der Waals surface area contributed by atoms with Crippen LogP contribution in [-0.2, 0) is 16.8 Å². The van der Waals surface area contributed by atoms with Gasteiger partial charge in [-0.25, -0.2) is 0 Å². The Labute approximate surface area is 91.5 Å². The molecule has 2 aliphatic rings. The van der Waals surface area contributed by atoms with E-state index in [1.54, 1.807) is 0 Å². The van der Waals surface area contributed by atoms with Gasteiger partial charge in [-0.15, -0.1) is 0 Å². The van der Waals surface area contributed by atoms with Gasteiger partial charge in [0.25, 0.3) is 0 Å². The number of hydrogen-bond acceptors (Lipinski definition) is 1. The van der Waals surface area contributed by atoms with Crippen molar-refractivity contribution < 1.29 is 4.74 Å². The van der Waals surface area contributed by atoms with Crippen molar-refractivity contribution in [2.24, 2.45) is 0 Å². The van der Waals surface area contributed by atoms with Crippen LogP contribution in [0.5, 0.6) is 0 Å². The van der Waals surface area contributed by atoms with E-state index in [1.807, 2.05) is 0 Å². The Morgan fingerprint density at radius 1 is 1.27 bits per heavy atom. The van der Waals surface area contributed by atoms with E-state index >= 15 is 0 Å². The number of fused-ring (bicyclic) bond motifs is 2. The van der Waals surface area contributed by atoms with Gasteiger partial charge in [-0.2, -0.15) is 0 Å². The summed E-state index contributed by atoms with van der Waals surface area (Å²) in [6, 6.07) is 6.97. The summed E-state index contributed by atoms with van der Waals surface area (Å²) in [5, 5.41) is 0. The molecule has 1 nitrogen and oxygen atoms in total. The zero-order valence-electron chi connectivity index (χ0n) is 9.55. The van der Waals surface area contributed by atoms with Gasteiger partial charge >= 0.3 is 0 Å². The molecular weight excluding hydrogens is 184 g/mol. The summed E-state index contributed by atoms with van der Waals surface area (Å²) in [4.78, 5) is 0. The van der Waals surface area contributed by atoms with E-state index in [0.29, 0.717) is 5.92 Å². The van der Waals surface area contributed by atoms with Gasteiger partial charge in [0.2, 0.25) is 0 Å². The van der Waals surface area contributed by atoms with Crippen molar-refractivity contribution in [3.05, 3.63) is 34.9 Å². The minimum Gasteiger partial charge on any atom is -0.370 e. The van der Waals surface area contributed by atoms with Crippen molar-refractivity contribution in [2.45, 2.75) is 44.6 Å². The van der Waals surface area contributed by atoms with Crippen LogP contribution >= 0.6 is 0 Å². The molecule has 1 spiro atoms. The largest absolute Gasteiger partial charge is 0.370 e. The molecule has 0 N–H and O–H groups in total. The Morgan fingerprint density at radius 2 is 2.07 bits per heavy atom. The second-order valence-corrected chi connectivity index (χ2v) is 5.16. The highest BCUT2D eigenvalue weighted by atomic mass is 16.5. The van der Waals surface area contributed by atoms with E-state index < -0.39 is 0 Å². The maximum atomic E-state index is 5.84. The summed E-state index contributed by atoms with van der Waals surface area (Å²) in [5.74, 6) is 0.619. The SMILES string of the molecule is CC(C)c1ccc2c(c1)C1(CCO1)CC2. The van der Waals surface area contributed by atoms with Crippen LogP contribution in [0, 0.1) is 0 Å². The van der Waals surface area contributed by atoms with Crippen LogP contribution in [0.15, 0.2) is 18.2 Å². The molecule has 1 fully saturated rings. The van der Waals surface area contributed by atoms with Crippen LogP contribution in [0.2, 0.25) is 0 Å². The van der Waals surface area contributed by atoms with E-state index in [1.165, 1.54) is 36.0 Å². The molecule has 1 unspecified atom stereocenters.